The molecule has 0 aromatic carbocycles. The topological polar surface area (TPSA) is 79.0 Å². The predicted molar refractivity (Wildman–Crippen MR) is 89.1 cm³/mol. The molecule has 1 atom stereocenters. The normalized spacial score (nSPS) is 18.2. The Balaban J connectivity index is 1.86. The summed E-state index contributed by atoms with van der Waals surface area (Å²) in [6.07, 6.45) is 1.96. The molecule has 23 heavy (non-hydrogen) atoms. The van der Waals surface area contributed by atoms with Crippen LogP contribution in [0.5, 0.6) is 0 Å². The van der Waals surface area contributed by atoms with Gasteiger partial charge in [0.25, 0.3) is 11.5 Å². The second-order valence-electron chi connectivity index (χ2n) is 6.06. The van der Waals surface area contributed by atoms with Crippen molar-refractivity contribution in [1.29, 1.82) is 0 Å². The fourth-order valence-electron chi connectivity index (χ4n) is 2.96. The Morgan fingerprint density at radius 1 is 1.39 bits per heavy atom. The summed E-state index contributed by atoms with van der Waals surface area (Å²) in [6.45, 7) is 6.84. The molecule has 0 radical (unpaired) electrons. The second-order valence-corrected chi connectivity index (χ2v) is 6.95. The summed E-state index contributed by atoms with van der Waals surface area (Å²) >= 11 is 1.65. The van der Waals surface area contributed by atoms with E-state index < -0.39 is 5.56 Å². The van der Waals surface area contributed by atoms with Crippen molar-refractivity contribution in [1.82, 2.24) is 20.1 Å². The lowest BCUT2D eigenvalue weighted by Gasteiger charge is -2.32. The number of carbonyl (C=O) groups is 1. The van der Waals surface area contributed by atoms with Crippen LogP contribution in [-0.4, -0.2) is 39.1 Å². The molecule has 3 heterocycles. The third-order valence-electron chi connectivity index (χ3n) is 4.38. The first-order chi connectivity index (χ1) is 11.0. The maximum Gasteiger partial charge on any atom is 0.277 e. The smallest absolute Gasteiger partial charge is 0.277 e. The van der Waals surface area contributed by atoms with Gasteiger partial charge in [-0.3, -0.25) is 9.59 Å². The number of carbonyl (C=O) groups excluding carboxylic acids is 1. The van der Waals surface area contributed by atoms with Gasteiger partial charge in [0.05, 0.1) is 10.7 Å². The van der Waals surface area contributed by atoms with Crippen LogP contribution in [0.3, 0.4) is 0 Å². The molecule has 2 aromatic heterocycles. The maximum atomic E-state index is 12.8. The van der Waals surface area contributed by atoms with Crippen LogP contribution in [0.4, 0.5) is 0 Å². The van der Waals surface area contributed by atoms with Crippen molar-refractivity contribution < 1.29 is 4.79 Å². The number of rotatable bonds is 2. The zero-order chi connectivity index (χ0) is 16.6. The Morgan fingerprint density at radius 3 is 2.87 bits per heavy atom. The van der Waals surface area contributed by atoms with E-state index in [0.29, 0.717) is 24.3 Å². The number of aromatic amines is 1. The molecule has 1 fully saturated rings. The van der Waals surface area contributed by atoms with Gasteiger partial charge in [-0.05, 0) is 39.2 Å². The zero-order valence-electron chi connectivity index (χ0n) is 13.5. The molecule has 1 N–H and O–H groups in total. The number of amides is 1. The second kappa shape index (κ2) is 6.23. The molecular weight excluding hydrogens is 312 g/mol. The van der Waals surface area contributed by atoms with Crippen LogP contribution in [0.1, 0.15) is 51.1 Å². The van der Waals surface area contributed by atoms with Crippen molar-refractivity contribution in [2.45, 2.75) is 39.5 Å². The third kappa shape index (κ3) is 3.06. The van der Waals surface area contributed by atoms with Crippen LogP contribution < -0.4 is 5.56 Å². The highest BCUT2D eigenvalue weighted by Gasteiger charge is 2.29. The summed E-state index contributed by atoms with van der Waals surface area (Å²) in [5.74, 6) is 0.0564. The quantitative estimate of drug-likeness (QED) is 0.914. The summed E-state index contributed by atoms with van der Waals surface area (Å²) in [4.78, 5) is 31.2. The molecule has 1 amide bonds. The number of piperidine rings is 1. The van der Waals surface area contributed by atoms with E-state index in [-0.39, 0.29) is 17.4 Å². The molecule has 0 unspecified atom stereocenters. The highest BCUT2D eigenvalue weighted by molar-refractivity contribution is 7.09. The van der Waals surface area contributed by atoms with E-state index in [0.717, 1.165) is 23.5 Å². The van der Waals surface area contributed by atoms with Gasteiger partial charge >= 0.3 is 0 Å². The van der Waals surface area contributed by atoms with Crippen LogP contribution in [0.2, 0.25) is 0 Å². The first-order valence-corrected chi connectivity index (χ1v) is 8.62. The Bertz CT molecular complexity index is 796. The highest BCUT2D eigenvalue weighted by atomic mass is 32.1. The van der Waals surface area contributed by atoms with E-state index in [1.54, 1.807) is 30.1 Å². The first-order valence-electron chi connectivity index (χ1n) is 7.74. The van der Waals surface area contributed by atoms with Crippen LogP contribution >= 0.6 is 11.3 Å². The highest BCUT2D eigenvalue weighted by Crippen LogP contribution is 2.29. The van der Waals surface area contributed by atoms with Gasteiger partial charge in [0.1, 0.15) is 5.56 Å². The van der Waals surface area contributed by atoms with E-state index >= 15 is 0 Å². The van der Waals surface area contributed by atoms with E-state index in [4.69, 9.17) is 0 Å². The maximum absolute atomic E-state index is 12.8. The average molecular weight is 332 g/mol. The molecule has 1 saturated heterocycles. The molecule has 2 aromatic rings. The van der Waals surface area contributed by atoms with Crippen molar-refractivity contribution in [3.05, 3.63) is 43.3 Å². The van der Waals surface area contributed by atoms with Crippen LogP contribution in [0.15, 0.2) is 10.2 Å². The fourth-order valence-corrected chi connectivity index (χ4v) is 3.89. The fraction of sp³-hybridized carbons (Fsp3) is 0.500. The third-order valence-corrected chi connectivity index (χ3v) is 5.50. The van der Waals surface area contributed by atoms with Crippen LogP contribution in [0.25, 0.3) is 0 Å². The number of H-pyrrole nitrogens is 1. The van der Waals surface area contributed by atoms with Crippen molar-refractivity contribution in [2.75, 3.05) is 13.1 Å². The molecule has 1 aliphatic heterocycles. The summed E-state index contributed by atoms with van der Waals surface area (Å²) in [5.41, 5.74) is 2.16. The average Bonchev–Trinajstić information content (AvgIpc) is 2.98. The molecule has 0 aliphatic carbocycles. The lowest BCUT2D eigenvalue weighted by atomic mass is 9.97. The molecule has 1 aliphatic rings. The Kier molecular flexibility index (Phi) is 4.30. The van der Waals surface area contributed by atoms with Gasteiger partial charge in [-0.25, -0.2) is 10.1 Å². The minimum Gasteiger partial charge on any atom is -0.338 e. The van der Waals surface area contributed by atoms with Gasteiger partial charge in [0.15, 0.2) is 0 Å². The number of hydrogen-bond acceptors (Lipinski definition) is 5. The lowest BCUT2D eigenvalue weighted by molar-refractivity contribution is 0.0704. The Hall–Kier alpha value is -2.02. The Morgan fingerprint density at radius 2 is 2.17 bits per heavy atom. The van der Waals surface area contributed by atoms with Gasteiger partial charge in [0.2, 0.25) is 0 Å². The number of thiazole rings is 1. The van der Waals surface area contributed by atoms with Crippen molar-refractivity contribution in [3.8, 4) is 0 Å². The van der Waals surface area contributed by atoms with Crippen molar-refractivity contribution in [2.24, 2.45) is 0 Å². The first kappa shape index (κ1) is 15.9. The summed E-state index contributed by atoms with van der Waals surface area (Å²) in [5, 5.41) is 9.45. The minimum absolute atomic E-state index is 0.202. The van der Waals surface area contributed by atoms with Gasteiger partial charge in [0, 0.05) is 30.1 Å². The molecule has 0 spiro atoms. The van der Waals surface area contributed by atoms with Crippen LogP contribution in [0, 0.1) is 20.8 Å². The van der Waals surface area contributed by atoms with E-state index in [1.165, 1.54) is 0 Å². The molecular formula is C16H20N4O2S. The van der Waals surface area contributed by atoms with Gasteiger partial charge in [-0.2, -0.15) is 5.10 Å². The van der Waals surface area contributed by atoms with Crippen molar-refractivity contribution in [3.63, 3.8) is 0 Å². The zero-order valence-corrected chi connectivity index (χ0v) is 14.4. The summed E-state index contributed by atoms with van der Waals surface area (Å²) < 4.78 is 0. The number of aryl methyl sites for hydroxylation is 2. The summed E-state index contributed by atoms with van der Waals surface area (Å²) in [6, 6.07) is 0. The van der Waals surface area contributed by atoms with Crippen LogP contribution in [-0.2, 0) is 0 Å². The van der Waals surface area contributed by atoms with Gasteiger partial charge < -0.3 is 4.90 Å². The number of hydrogen-bond donors (Lipinski definition) is 1. The number of aromatic nitrogens is 3. The number of nitrogens with zero attached hydrogens (tertiary/aromatic N) is 3. The van der Waals surface area contributed by atoms with Gasteiger partial charge in [-0.15, -0.1) is 11.3 Å². The Labute approximate surface area is 138 Å². The van der Waals surface area contributed by atoms with E-state index in [9.17, 15) is 9.59 Å². The largest absolute Gasteiger partial charge is 0.338 e. The molecule has 0 saturated carbocycles. The lowest BCUT2D eigenvalue weighted by Crippen LogP contribution is -2.42. The standard InChI is InChI=1S/C16H20N4O2S/c1-9-8-23-15(17-9)12-5-4-6-20(7-12)16(22)13-10(2)11(3)18-19-14(13)21/h8,12H,4-7H2,1-3H3,(H,19,21)/t12-/m0/s1. The summed E-state index contributed by atoms with van der Waals surface area (Å²) in [7, 11) is 0. The molecule has 6 nitrogen and oxygen atoms in total. The minimum atomic E-state index is -0.412. The van der Waals surface area contributed by atoms with Gasteiger partial charge in [-0.1, -0.05) is 0 Å². The van der Waals surface area contributed by atoms with E-state index in [2.05, 4.69) is 15.2 Å². The molecule has 0 bridgehead atoms. The SMILES string of the molecule is Cc1csc([C@H]2CCCN(C(=O)c3c(C)c(C)n[nH]c3=O)C2)n1. The number of nitrogens with one attached hydrogen (secondary N) is 1. The molecule has 3 rings (SSSR count). The molecule has 122 valence electrons. The number of likely N-dealkylation sites (tertiary alicyclic amines) is 1. The van der Waals surface area contributed by atoms with E-state index in [1.807, 2.05) is 12.3 Å². The predicted octanol–water partition coefficient (Wildman–Crippen LogP) is 2.17. The monoisotopic (exact) mass is 332 g/mol. The molecule has 7 heteroatoms. The van der Waals surface area contributed by atoms with Crippen molar-refractivity contribution >= 4 is 17.2 Å².